The topological polar surface area (TPSA) is 59.0 Å². The minimum atomic E-state index is -0.00518. The highest BCUT2D eigenvalue weighted by molar-refractivity contribution is 7.80. The first-order valence-corrected chi connectivity index (χ1v) is 4.57. The number of thiocarbonyl (C=S) groups is 1. The summed E-state index contributed by atoms with van der Waals surface area (Å²) in [5.74, 6) is 0.634. The van der Waals surface area contributed by atoms with Crippen LogP contribution in [-0.4, -0.2) is 5.17 Å². The molecule has 1 aromatic carbocycles. The number of nitrogens with two attached hydrogens (primary N) is 1. The summed E-state index contributed by atoms with van der Waals surface area (Å²) in [4.78, 5) is 0. The van der Waals surface area contributed by atoms with Crippen LogP contribution in [0, 0.1) is 11.3 Å². The molecule has 0 fully saturated rings. The number of nitriles is 1. The fourth-order valence-corrected chi connectivity index (χ4v) is 1.20. The Bertz CT molecular complexity index is 371. The second-order valence-electron chi connectivity index (χ2n) is 2.69. The maximum absolute atomic E-state index is 8.46. The molecule has 0 saturated heterocycles. The lowest BCUT2D eigenvalue weighted by Crippen LogP contribution is -2.16. The molecule has 0 unspecified atom stereocenters. The Labute approximate surface area is 88.1 Å². The maximum atomic E-state index is 8.46. The van der Waals surface area contributed by atoms with Gasteiger partial charge in [0.05, 0.1) is 6.07 Å². The summed E-state index contributed by atoms with van der Waals surface area (Å²) in [5, 5.41) is 8.45. The molecule has 0 aliphatic rings. The third-order valence-electron chi connectivity index (χ3n) is 1.69. The van der Waals surface area contributed by atoms with Crippen LogP contribution in [0.2, 0.25) is 0 Å². The number of ether oxygens (including phenoxy) is 1. The van der Waals surface area contributed by atoms with Crippen LogP contribution >= 0.6 is 12.2 Å². The van der Waals surface area contributed by atoms with E-state index in [1.54, 1.807) is 6.07 Å². The molecular weight excluding hydrogens is 196 g/mol. The predicted octanol–water partition coefficient (Wildman–Crippen LogP) is 1.77. The molecular formula is C10H10N2OS. The van der Waals surface area contributed by atoms with E-state index in [4.69, 9.17) is 15.7 Å². The highest BCUT2D eigenvalue weighted by Gasteiger charge is 2.03. The molecule has 0 saturated carbocycles. The van der Waals surface area contributed by atoms with Crippen molar-refractivity contribution in [3.05, 3.63) is 29.8 Å². The molecule has 0 atom stereocenters. The normalized spacial score (nSPS) is 9.07. The average molecular weight is 206 g/mol. The molecule has 1 rings (SSSR count). The first-order valence-electron chi connectivity index (χ1n) is 4.16. The maximum Gasteiger partial charge on any atom is 0.259 e. The largest absolute Gasteiger partial charge is 0.432 e. The van der Waals surface area contributed by atoms with E-state index in [9.17, 15) is 0 Å². The van der Waals surface area contributed by atoms with Crippen LogP contribution in [0.4, 0.5) is 0 Å². The SMILES string of the molecule is N#CCCc1ccccc1OC(N)=S. The lowest BCUT2D eigenvalue weighted by molar-refractivity contribution is 0.549. The van der Waals surface area contributed by atoms with Gasteiger partial charge in [-0.15, -0.1) is 0 Å². The lowest BCUT2D eigenvalue weighted by Gasteiger charge is -2.07. The molecule has 2 N–H and O–H groups in total. The van der Waals surface area contributed by atoms with Crippen LogP contribution < -0.4 is 10.5 Å². The van der Waals surface area contributed by atoms with Crippen LogP contribution in [-0.2, 0) is 6.42 Å². The minimum absolute atomic E-state index is 0.00518. The highest BCUT2D eigenvalue weighted by atomic mass is 32.1. The van der Waals surface area contributed by atoms with E-state index in [0.717, 1.165) is 5.56 Å². The van der Waals surface area contributed by atoms with Gasteiger partial charge in [-0.25, -0.2) is 0 Å². The molecule has 0 aromatic heterocycles. The van der Waals surface area contributed by atoms with Crippen molar-refractivity contribution in [3.63, 3.8) is 0 Å². The minimum Gasteiger partial charge on any atom is -0.432 e. The van der Waals surface area contributed by atoms with Crippen molar-refractivity contribution >= 4 is 17.4 Å². The number of para-hydroxylation sites is 1. The van der Waals surface area contributed by atoms with E-state index in [-0.39, 0.29) is 5.17 Å². The van der Waals surface area contributed by atoms with E-state index < -0.39 is 0 Å². The van der Waals surface area contributed by atoms with E-state index in [2.05, 4.69) is 18.3 Å². The smallest absolute Gasteiger partial charge is 0.259 e. The summed E-state index contributed by atoms with van der Waals surface area (Å²) in [6.07, 6.45) is 1.10. The molecule has 0 spiro atoms. The highest BCUT2D eigenvalue weighted by Crippen LogP contribution is 2.19. The van der Waals surface area contributed by atoms with Crippen LogP contribution in [0.25, 0.3) is 0 Å². The van der Waals surface area contributed by atoms with Crippen molar-refractivity contribution in [2.45, 2.75) is 12.8 Å². The van der Waals surface area contributed by atoms with Crippen LogP contribution in [0.1, 0.15) is 12.0 Å². The third kappa shape index (κ3) is 3.04. The van der Waals surface area contributed by atoms with Gasteiger partial charge in [0.15, 0.2) is 0 Å². The Morgan fingerprint density at radius 1 is 1.50 bits per heavy atom. The standard InChI is InChI=1S/C10H10N2OS/c11-7-3-5-8-4-1-2-6-9(8)13-10(12)14/h1-2,4,6H,3,5H2,(H2,12,14). The van der Waals surface area contributed by atoms with Gasteiger partial charge in [0, 0.05) is 6.42 Å². The van der Waals surface area contributed by atoms with Crippen molar-refractivity contribution in [1.29, 1.82) is 5.26 Å². The number of aryl methyl sites for hydroxylation is 1. The van der Waals surface area contributed by atoms with Crippen LogP contribution in [0.3, 0.4) is 0 Å². The van der Waals surface area contributed by atoms with Gasteiger partial charge in [-0.05, 0) is 30.3 Å². The fourth-order valence-electron chi connectivity index (χ4n) is 1.11. The van der Waals surface area contributed by atoms with Gasteiger partial charge >= 0.3 is 0 Å². The molecule has 0 aliphatic heterocycles. The number of rotatable bonds is 3. The molecule has 4 heteroatoms. The molecule has 0 aliphatic carbocycles. The molecule has 14 heavy (non-hydrogen) atoms. The van der Waals surface area contributed by atoms with Gasteiger partial charge in [0.1, 0.15) is 5.75 Å². The van der Waals surface area contributed by atoms with Crippen LogP contribution in [0.5, 0.6) is 5.75 Å². The van der Waals surface area contributed by atoms with Gasteiger partial charge in [0.25, 0.3) is 5.17 Å². The van der Waals surface area contributed by atoms with Crippen LogP contribution in [0.15, 0.2) is 24.3 Å². The Balaban J connectivity index is 2.81. The summed E-state index contributed by atoms with van der Waals surface area (Å²) in [6, 6.07) is 9.48. The molecule has 3 nitrogen and oxygen atoms in total. The van der Waals surface area contributed by atoms with Gasteiger partial charge in [0.2, 0.25) is 0 Å². The zero-order valence-corrected chi connectivity index (χ0v) is 8.38. The van der Waals surface area contributed by atoms with E-state index in [1.807, 2.05) is 18.2 Å². The summed E-state index contributed by atoms with van der Waals surface area (Å²) < 4.78 is 5.14. The molecule has 0 amide bonds. The zero-order valence-electron chi connectivity index (χ0n) is 7.56. The third-order valence-corrected chi connectivity index (χ3v) is 1.77. The number of hydrogen-bond donors (Lipinski definition) is 1. The molecule has 0 bridgehead atoms. The summed E-state index contributed by atoms with van der Waals surface area (Å²) in [6.45, 7) is 0. The summed E-state index contributed by atoms with van der Waals surface area (Å²) >= 11 is 4.64. The van der Waals surface area contributed by atoms with E-state index in [1.165, 1.54) is 0 Å². The Hall–Kier alpha value is -1.60. The molecule has 1 aromatic rings. The van der Waals surface area contributed by atoms with Gasteiger partial charge in [-0.2, -0.15) is 5.26 Å². The molecule has 0 heterocycles. The van der Waals surface area contributed by atoms with Crippen molar-refractivity contribution in [3.8, 4) is 11.8 Å². The molecule has 72 valence electrons. The first kappa shape index (κ1) is 10.5. The van der Waals surface area contributed by atoms with E-state index in [0.29, 0.717) is 18.6 Å². The van der Waals surface area contributed by atoms with Gasteiger partial charge in [-0.1, -0.05) is 18.2 Å². The number of benzene rings is 1. The number of nitrogens with zero attached hydrogens (tertiary/aromatic N) is 1. The van der Waals surface area contributed by atoms with Crippen molar-refractivity contribution in [1.82, 2.24) is 0 Å². The Morgan fingerprint density at radius 3 is 2.86 bits per heavy atom. The summed E-state index contributed by atoms with van der Waals surface area (Å²) in [5.41, 5.74) is 6.21. The van der Waals surface area contributed by atoms with Crippen molar-refractivity contribution in [2.24, 2.45) is 5.73 Å². The average Bonchev–Trinajstić information content (AvgIpc) is 2.16. The number of hydrogen-bond acceptors (Lipinski definition) is 3. The van der Waals surface area contributed by atoms with Crippen molar-refractivity contribution < 1.29 is 4.74 Å². The monoisotopic (exact) mass is 206 g/mol. The Morgan fingerprint density at radius 2 is 2.21 bits per heavy atom. The van der Waals surface area contributed by atoms with E-state index >= 15 is 0 Å². The quantitative estimate of drug-likeness (QED) is 0.766. The molecule has 0 radical (unpaired) electrons. The fraction of sp³-hybridized carbons (Fsp3) is 0.200. The lowest BCUT2D eigenvalue weighted by atomic mass is 10.1. The second kappa shape index (κ2) is 5.20. The predicted molar refractivity (Wildman–Crippen MR) is 57.8 cm³/mol. The van der Waals surface area contributed by atoms with Crippen molar-refractivity contribution in [2.75, 3.05) is 0 Å². The first-order chi connectivity index (χ1) is 6.74. The summed E-state index contributed by atoms with van der Waals surface area (Å²) in [7, 11) is 0. The van der Waals surface area contributed by atoms with Gasteiger partial charge in [-0.3, -0.25) is 0 Å². The Kier molecular flexibility index (Phi) is 3.89. The van der Waals surface area contributed by atoms with Gasteiger partial charge < -0.3 is 10.5 Å². The zero-order chi connectivity index (χ0) is 10.4. The second-order valence-corrected chi connectivity index (χ2v) is 3.09.